The normalized spacial score (nSPS) is 21.9. The molecule has 1 aliphatic carbocycles. The quantitative estimate of drug-likeness (QED) is 0.786. The van der Waals surface area contributed by atoms with E-state index in [1.807, 2.05) is 11.8 Å². The van der Waals surface area contributed by atoms with E-state index in [4.69, 9.17) is 4.74 Å². The Kier molecular flexibility index (Phi) is 3.70. The van der Waals surface area contributed by atoms with Crippen LogP contribution in [0.15, 0.2) is 12.4 Å². The van der Waals surface area contributed by atoms with Crippen LogP contribution in [0.4, 0.5) is 0 Å². The summed E-state index contributed by atoms with van der Waals surface area (Å²) in [7, 11) is 0. The van der Waals surface area contributed by atoms with E-state index < -0.39 is 0 Å². The molecule has 0 N–H and O–H groups in total. The highest BCUT2D eigenvalue weighted by molar-refractivity contribution is 5.92. The molecular weight excluding hydrogens is 254 g/mol. The van der Waals surface area contributed by atoms with E-state index in [1.54, 1.807) is 12.4 Å². The van der Waals surface area contributed by atoms with Gasteiger partial charge >= 0.3 is 0 Å². The monoisotopic (exact) mass is 275 g/mol. The second-order valence-corrected chi connectivity index (χ2v) is 5.86. The lowest BCUT2D eigenvalue weighted by molar-refractivity contribution is -0.118. The second kappa shape index (κ2) is 5.48. The lowest BCUT2D eigenvalue weighted by Gasteiger charge is -2.44. The van der Waals surface area contributed by atoms with Gasteiger partial charge in [0.25, 0.3) is 5.91 Å². The van der Waals surface area contributed by atoms with Crippen LogP contribution in [0.25, 0.3) is 0 Å². The maximum Gasteiger partial charge on any atom is 0.274 e. The maximum atomic E-state index is 12.5. The first-order valence-electron chi connectivity index (χ1n) is 7.40. The molecule has 3 rings (SSSR count). The van der Waals surface area contributed by atoms with E-state index in [1.165, 1.54) is 19.3 Å². The minimum atomic E-state index is -0.107. The van der Waals surface area contributed by atoms with Crippen molar-refractivity contribution in [3.8, 4) is 0 Å². The van der Waals surface area contributed by atoms with Crippen LogP contribution in [0.3, 0.4) is 0 Å². The Morgan fingerprint density at radius 2 is 2.05 bits per heavy atom. The van der Waals surface area contributed by atoms with Gasteiger partial charge in [-0.25, -0.2) is 4.98 Å². The highest BCUT2D eigenvalue weighted by Crippen LogP contribution is 2.34. The van der Waals surface area contributed by atoms with Crippen molar-refractivity contribution in [1.82, 2.24) is 14.9 Å². The molecule has 1 saturated heterocycles. The number of ether oxygens (including phenoxy) is 1. The van der Waals surface area contributed by atoms with Gasteiger partial charge in [-0.2, -0.15) is 0 Å². The molecule has 0 atom stereocenters. The number of hydrogen-bond donors (Lipinski definition) is 0. The van der Waals surface area contributed by atoms with Gasteiger partial charge in [0, 0.05) is 12.7 Å². The van der Waals surface area contributed by atoms with Gasteiger partial charge in [0.1, 0.15) is 5.69 Å². The highest BCUT2D eigenvalue weighted by Gasteiger charge is 2.39. The fourth-order valence-corrected chi connectivity index (χ4v) is 3.18. The largest absolute Gasteiger partial charge is 0.371 e. The molecule has 1 amide bonds. The summed E-state index contributed by atoms with van der Waals surface area (Å²) in [4.78, 5) is 22.7. The van der Waals surface area contributed by atoms with Crippen molar-refractivity contribution < 1.29 is 9.53 Å². The zero-order valence-corrected chi connectivity index (χ0v) is 12.0. The van der Waals surface area contributed by atoms with Crippen LogP contribution in [-0.2, 0) is 4.74 Å². The van der Waals surface area contributed by atoms with Crippen LogP contribution < -0.4 is 0 Å². The molecule has 2 heterocycles. The van der Waals surface area contributed by atoms with Crippen molar-refractivity contribution in [3.05, 3.63) is 23.8 Å². The molecular formula is C15H21N3O2. The summed E-state index contributed by atoms with van der Waals surface area (Å²) >= 11 is 0. The van der Waals surface area contributed by atoms with E-state index in [9.17, 15) is 4.79 Å². The average Bonchev–Trinajstić information content (AvgIpc) is 2.48. The first-order valence-corrected chi connectivity index (χ1v) is 7.40. The number of aromatic nitrogens is 2. The molecule has 5 heteroatoms. The van der Waals surface area contributed by atoms with Gasteiger partial charge < -0.3 is 9.64 Å². The summed E-state index contributed by atoms with van der Waals surface area (Å²) in [5, 5.41) is 0. The van der Waals surface area contributed by atoms with Crippen molar-refractivity contribution >= 4 is 5.91 Å². The number of hydrogen-bond acceptors (Lipinski definition) is 4. The fourth-order valence-electron chi connectivity index (χ4n) is 3.18. The summed E-state index contributed by atoms with van der Waals surface area (Å²) < 4.78 is 6.01. The maximum absolute atomic E-state index is 12.5. The Labute approximate surface area is 119 Å². The van der Waals surface area contributed by atoms with Gasteiger partial charge in [-0.1, -0.05) is 19.3 Å². The SMILES string of the molecule is Cc1cnc(C(=O)N2CCOC3(CCCCC3)C2)cn1. The van der Waals surface area contributed by atoms with Gasteiger partial charge in [-0.05, 0) is 19.8 Å². The predicted octanol–water partition coefficient (Wildman–Crippen LogP) is 1.96. The van der Waals surface area contributed by atoms with E-state index in [-0.39, 0.29) is 11.5 Å². The first-order chi connectivity index (χ1) is 9.69. The molecule has 0 bridgehead atoms. The second-order valence-electron chi connectivity index (χ2n) is 5.86. The van der Waals surface area contributed by atoms with Crippen LogP contribution in [0.5, 0.6) is 0 Å². The summed E-state index contributed by atoms with van der Waals surface area (Å²) in [6, 6.07) is 0. The molecule has 0 aromatic carbocycles. The number of aryl methyl sites for hydroxylation is 1. The Balaban J connectivity index is 1.73. The Morgan fingerprint density at radius 3 is 2.75 bits per heavy atom. The minimum Gasteiger partial charge on any atom is -0.371 e. The first kappa shape index (κ1) is 13.5. The van der Waals surface area contributed by atoms with Gasteiger partial charge in [-0.3, -0.25) is 9.78 Å². The number of morpholine rings is 1. The molecule has 1 aromatic heterocycles. The molecule has 1 spiro atoms. The van der Waals surface area contributed by atoms with E-state index in [0.29, 0.717) is 25.4 Å². The predicted molar refractivity (Wildman–Crippen MR) is 74.4 cm³/mol. The lowest BCUT2D eigenvalue weighted by Crippen LogP contribution is -2.54. The van der Waals surface area contributed by atoms with E-state index in [2.05, 4.69) is 9.97 Å². The number of rotatable bonds is 1. The molecule has 0 radical (unpaired) electrons. The van der Waals surface area contributed by atoms with Gasteiger partial charge in [0.15, 0.2) is 0 Å². The van der Waals surface area contributed by atoms with Crippen molar-refractivity contribution in [3.63, 3.8) is 0 Å². The molecule has 5 nitrogen and oxygen atoms in total. The highest BCUT2D eigenvalue weighted by atomic mass is 16.5. The number of carbonyl (C=O) groups is 1. The van der Waals surface area contributed by atoms with Crippen LogP contribution in [0.1, 0.15) is 48.3 Å². The Bertz CT molecular complexity index is 475. The van der Waals surface area contributed by atoms with E-state index in [0.717, 1.165) is 18.5 Å². The smallest absolute Gasteiger partial charge is 0.274 e. The zero-order chi connectivity index (χ0) is 14.0. The third kappa shape index (κ3) is 2.68. The van der Waals surface area contributed by atoms with Crippen molar-refractivity contribution in [2.45, 2.75) is 44.6 Å². The molecule has 1 saturated carbocycles. The van der Waals surface area contributed by atoms with Gasteiger partial charge in [0.05, 0.1) is 30.6 Å². The topological polar surface area (TPSA) is 55.3 Å². The summed E-state index contributed by atoms with van der Waals surface area (Å²) in [6.45, 7) is 3.84. The van der Waals surface area contributed by atoms with Crippen LogP contribution in [-0.4, -0.2) is 46.1 Å². The molecule has 2 aliphatic rings. The lowest BCUT2D eigenvalue weighted by atomic mass is 9.83. The summed E-state index contributed by atoms with van der Waals surface area (Å²) in [5.41, 5.74) is 1.15. The van der Waals surface area contributed by atoms with Crippen molar-refractivity contribution in [2.24, 2.45) is 0 Å². The molecule has 1 aliphatic heterocycles. The number of amides is 1. The van der Waals surface area contributed by atoms with Crippen LogP contribution >= 0.6 is 0 Å². The van der Waals surface area contributed by atoms with Crippen molar-refractivity contribution in [2.75, 3.05) is 19.7 Å². The molecule has 2 fully saturated rings. The van der Waals surface area contributed by atoms with Gasteiger partial charge in [-0.15, -0.1) is 0 Å². The standard InChI is InChI=1S/C15H21N3O2/c1-12-9-17-13(10-16-12)14(19)18-7-8-20-15(11-18)5-3-2-4-6-15/h9-10H,2-8,11H2,1H3. The average molecular weight is 275 g/mol. The molecule has 108 valence electrons. The molecule has 20 heavy (non-hydrogen) atoms. The third-order valence-corrected chi connectivity index (χ3v) is 4.30. The van der Waals surface area contributed by atoms with Gasteiger partial charge in [0.2, 0.25) is 0 Å². The number of nitrogens with zero attached hydrogens (tertiary/aromatic N) is 3. The Hall–Kier alpha value is -1.49. The van der Waals surface area contributed by atoms with E-state index >= 15 is 0 Å². The molecule has 1 aromatic rings. The van der Waals surface area contributed by atoms with Crippen molar-refractivity contribution in [1.29, 1.82) is 0 Å². The summed E-state index contributed by atoms with van der Waals surface area (Å²) in [5.74, 6) is -0.0225. The summed E-state index contributed by atoms with van der Waals surface area (Å²) in [6.07, 6.45) is 9.03. The minimum absolute atomic E-state index is 0.0225. The number of carbonyl (C=O) groups excluding carboxylic acids is 1. The third-order valence-electron chi connectivity index (χ3n) is 4.30. The van der Waals surface area contributed by atoms with Crippen LogP contribution in [0.2, 0.25) is 0 Å². The zero-order valence-electron chi connectivity index (χ0n) is 12.0. The van der Waals surface area contributed by atoms with Crippen LogP contribution in [0, 0.1) is 6.92 Å². The Morgan fingerprint density at radius 1 is 1.25 bits per heavy atom. The fraction of sp³-hybridized carbons (Fsp3) is 0.667. The molecule has 0 unspecified atom stereocenters.